The van der Waals surface area contributed by atoms with Crippen LogP contribution in [0.25, 0.3) is 0 Å². The fourth-order valence-corrected chi connectivity index (χ4v) is 2.06. The van der Waals surface area contributed by atoms with E-state index in [0.717, 1.165) is 6.07 Å². The predicted octanol–water partition coefficient (Wildman–Crippen LogP) is 4.82. The molecule has 0 unspecified atom stereocenters. The zero-order valence-corrected chi connectivity index (χ0v) is 12.9. The van der Waals surface area contributed by atoms with Gasteiger partial charge in [0.15, 0.2) is 10.8 Å². The molecule has 24 heavy (non-hydrogen) atoms. The molecule has 1 amide bonds. The highest BCUT2D eigenvalue weighted by molar-refractivity contribution is 6.31. The largest absolute Gasteiger partial charge is 0.507 e. The molecule has 0 aliphatic heterocycles. The summed E-state index contributed by atoms with van der Waals surface area (Å²) < 4.78 is 38.4. The number of hydrogen-bond acceptors (Lipinski definition) is 3. The van der Waals surface area contributed by atoms with E-state index in [-0.39, 0.29) is 27.6 Å². The molecule has 0 bridgehead atoms. The average molecular weight is 357 g/mol. The van der Waals surface area contributed by atoms with Crippen molar-refractivity contribution < 1.29 is 23.1 Å². The second kappa shape index (κ2) is 6.82. The Balaban J connectivity index is 2.33. The topological polar surface area (TPSA) is 76.1 Å². The number of phenolic OH excluding ortho intramolecular Hbond substituents is 1. The summed E-state index contributed by atoms with van der Waals surface area (Å²) in [6.45, 7) is 1.24. The van der Waals surface area contributed by atoms with Crippen LogP contribution in [0, 0.1) is 6.92 Å². The van der Waals surface area contributed by atoms with Crippen LogP contribution in [-0.4, -0.2) is 11.0 Å². The molecule has 1 N–H and O–H groups in total. The quantitative estimate of drug-likeness (QED) is 0.618. The van der Waals surface area contributed by atoms with Crippen molar-refractivity contribution in [3.63, 3.8) is 0 Å². The standard InChI is InChI=1S/C15H9ClF3N3O2/c1-8-11(15(17,18)19)3-2-4-12(8)20-22-21-14(24)10-7-9(16)5-6-13(10)23/h2-7H,1H3/p+1. The Kier molecular flexibility index (Phi) is 5.02. The molecule has 0 saturated carbocycles. The lowest BCUT2D eigenvalue weighted by molar-refractivity contribution is -0.138. The molecule has 0 aromatic heterocycles. The summed E-state index contributed by atoms with van der Waals surface area (Å²) in [7, 11) is 0. The molecule has 2 aromatic rings. The number of alkyl halides is 3. The first kappa shape index (κ1) is 17.7. The molecular formula is C15H10ClF3N3O2+. The molecule has 0 saturated heterocycles. The molecule has 0 aliphatic rings. The molecule has 0 fully saturated rings. The fourth-order valence-electron chi connectivity index (χ4n) is 1.88. The maximum Gasteiger partial charge on any atom is 0.416 e. The van der Waals surface area contributed by atoms with Gasteiger partial charge in [0, 0.05) is 5.02 Å². The van der Waals surface area contributed by atoms with Gasteiger partial charge >= 0.3 is 12.1 Å². The van der Waals surface area contributed by atoms with E-state index in [2.05, 4.69) is 15.1 Å². The summed E-state index contributed by atoms with van der Waals surface area (Å²) in [5.74, 6) is -1.28. The van der Waals surface area contributed by atoms with Crippen LogP contribution in [0.5, 0.6) is 5.75 Å². The number of hydrogen-bond donors (Lipinski definition) is 1. The molecule has 124 valence electrons. The number of amides is 1. The number of aromatic hydroxyl groups is 1. The van der Waals surface area contributed by atoms with Gasteiger partial charge in [-0.25, -0.2) is 0 Å². The van der Waals surface area contributed by atoms with Crippen LogP contribution in [0.4, 0.5) is 18.9 Å². The molecule has 0 aliphatic carbocycles. The Bertz CT molecular complexity index is 860. The number of phenols is 1. The van der Waals surface area contributed by atoms with Crippen molar-refractivity contribution >= 4 is 23.2 Å². The van der Waals surface area contributed by atoms with Crippen LogP contribution in [0.3, 0.4) is 0 Å². The number of carbonyl (C=O) groups excluding carboxylic acids is 1. The summed E-state index contributed by atoms with van der Waals surface area (Å²) in [5.41, 5.74) is -1.25. The fraction of sp³-hybridized carbons (Fsp3) is 0.133. The monoisotopic (exact) mass is 356 g/mol. The first-order chi connectivity index (χ1) is 11.2. The van der Waals surface area contributed by atoms with Crippen molar-refractivity contribution in [1.29, 1.82) is 0 Å². The third kappa shape index (κ3) is 3.98. The second-order valence-corrected chi connectivity index (χ2v) is 5.14. The third-order valence-corrected chi connectivity index (χ3v) is 3.32. The Morgan fingerprint density at radius 1 is 1.25 bits per heavy atom. The van der Waals surface area contributed by atoms with Gasteiger partial charge in [0.1, 0.15) is 5.75 Å². The van der Waals surface area contributed by atoms with E-state index in [1.54, 1.807) is 0 Å². The van der Waals surface area contributed by atoms with Gasteiger partial charge in [-0.15, -0.1) is 0 Å². The smallest absolute Gasteiger partial charge is 0.416 e. The van der Waals surface area contributed by atoms with Gasteiger partial charge in [-0.1, -0.05) is 17.7 Å². The summed E-state index contributed by atoms with van der Waals surface area (Å²) in [4.78, 5) is 15.1. The molecular weight excluding hydrogens is 347 g/mol. The van der Waals surface area contributed by atoms with Crippen LogP contribution < -0.4 is 4.91 Å². The first-order valence-corrected chi connectivity index (χ1v) is 6.89. The van der Waals surface area contributed by atoms with Gasteiger partial charge in [0.25, 0.3) is 0 Å². The lowest BCUT2D eigenvalue weighted by atomic mass is 10.1. The van der Waals surface area contributed by atoms with Crippen LogP contribution in [0.15, 0.2) is 46.6 Å². The van der Waals surface area contributed by atoms with Crippen molar-refractivity contribution in [2.75, 3.05) is 0 Å². The molecule has 9 heteroatoms. The number of carbonyl (C=O) groups is 1. The van der Waals surface area contributed by atoms with E-state index in [1.807, 2.05) is 0 Å². The normalized spacial score (nSPS) is 10.9. The van der Waals surface area contributed by atoms with E-state index in [4.69, 9.17) is 11.6 Å². The highest BCUT2D eigenvalue weighted by Gasteiger charge is 2.33. The summed E-state index contributed by atoms with van der Waals surface area (Å²) in [6.07, 6.45) is -4.52. The number of benzene rings is 2. The SMILES string of the molecule is Cc1c(N=[N+]=NC(=O)c2cc(Cl)ccc2O)cccc1C(F)(F)F. The van der Waals surface area contributed by atoms with E-state index < -0.39 is 17.6 Å². The van der Waals surface area contributed by atoms with Gasteiger partial charge < -0.3 is 5.11 Å². The molecule has 0 radical (unpaired) electrons. The van der Waals surface area contributed by atoms with Crippen LogP contribution >= 0.6 is 11.6 Å². The predicted molar refractivity (Wildman–Crippen MR) is 80.3 cm³/mol. The molecule has 0 heterocycles. The first-order valence-electron chi connectivity index (χ1n) is 6.51. The zero-order valence-electron chi connectivity index (χ0n) is 12.2. The zero-order chi connectivity index (χ0) is 17.9. The third-order valence-electron chi connectivity index (χ3n) is 3.09. The van der Waals surface area contributed by atoms with Gasteiger partial charge in [0.05, 0.1) is 11.1 Å². The van der Waals surface area contributed by atoms with Gasteiger partial charge in [-0.05, 0) is 42.8 Å². The molecule has 2 aromatic carbocycles. The highest BCUT2D eigenvalue weighted by atomic mass is 35.5. The van der Waals surface area contributed by atoms with Crippen LogP contribution in [-0.2, 0) is 6.18 Å². The second-order valence-electron chi connectivity index (χ2n) is 4.70. The van der Waals surface area contributed by atoms with Gasteiger partial charge in [-0.3, -0.25) is 4.79 Å². The number of nitrogens with zero attached hydrogens (tertiary/aromatic N) is 3. The molecule has 0 spiro atoms. The van der Waals surface area contributed by atoms with Gasteiger partial charge in [-0.2, -0.15) is 13.2 Å². The van der Waals surface area contributed by atoms with Crippen LogP contribution in [0.2, 0.25) is 5.02 Å². The summed E-state index contributed by atoms with van der Waals surface area (Å²) in [6, 6.07) is 7.18. The number of rotatable bonds is 2. The lowest BCUT2D eigenvalue weighted by Crippen LogP contribution is -2.07. The molecule has 5 nitrogen and oxygen atoms in total. The minimum atomic E-state index is -4.52. The maximum absolute atomic E-state index is 12.8. The van der Waals surface area contributed by atoms with E-state index >= 15 is 0 Å². The Labute approximate surface area is 139 Å². The van der Waals surface area contributed by atoms with Crippen molar-refractivity contribution in [2.45, 2.75) is 13.1 Å². The molecule has 2 rings (SSSR count). The number of halogens is 4. The van der Waals surface area contributed by atoms with Crippen molar-refractivity contribution in [2.24, 2.45) is 10.2 Å². The Morgan fingerprint density at radius 3 is 2.62 bits per heavy atom. The van der Waals surface area contributed by atoms with E-state index in [9.17, 15) is 23.1 Å². The van der Waals surface area contributed by atoms with Crippen molar-refractivity contribution in [3.05, 3.63) is 58.1 Å². The Hall–Kier alpha value is -2.70. The minimum Gasteiger partial charge on any atom is -0.507 e. The maximum atomic E-state index is 12.8. The summed E-state index contributed by atoms with van der Waals surface area (Å²) >= 11 is 5.71. The van der Waals surface area contributed by atoms with Crippen molar-refractivity contribution in [3.8, 4) is 5.75 Å². The van der Waals surface area contributed by atoms with E-state index in [1.165, 1.54) is 37.3 Å². The van der Waals surface area contributed by atoms with E-state index in [0.29, 0.717) is 0 Å². The average Bonchev–Trinajstić information content (AvgIpc) is 2.50. The Morgan fingerprint density at radius 2 is 1.96 bits per heavy atom. The summed E-state index contributed by atoms with van der Waals surface area (Å²) in [5, 5.41) is 16.5. The van der Waals surface area contributed by atoms with Gasteiger partial charge in [0.2, 0.25) is 10.0 Å². The molecule has 0 atom stereocenters. The van der Waals surface area contributed by atoms with Crippen LogP contribution in [0.1, 0.15) is 21.5 Å². The minimum absolute atomic E-state index is 0.0725. The van der Waals surface area contributed by atoms with Crippen molar-refractivity contribution in [1.82, 2.24) is 4.91 Å². The highest BCUT2D eigenvalue weighted by Crippen LogP contribution is 2.35. The lowest BCUT2D eigenvalue weighted by Gasteiger charge is -2.09.